The highest BCUT2D eigenvalue weighted by Crippen LogP contribution is 2.26. The molecule has 3 aromatic rings. The number of carbonyl (C=O) groups excluding carboxylic acids is 1. The first-order valence-electron chi connectivity index (χ1n) is 9.49. The van der Waals surface area contributed by atoms with Crippen LogP contribution >= 0.6 is 0 Å². The Morgan fingerprint density at radius 3 is 2.48 bits per heavy atom. The van der Waals surface area contributed by atoms with Gasteiger partial charge in [0.1, 0.15) is 5.58 Å². The fraction of sp³-hybridized carbons (Fsp3) is 0.318. The molecule has 0 saturated heterocycles. The normalized spacial score (nSPS) is 11.7. The first kappa shape index (κ1) is 21.1. The van der Waals surface area contributed by atoms with Crippen LogP contribution in [-0.2, 0) is 21.2 Å². The third-order valence-electron chi connectivity index (χ3n) is 5.07. The summed E-state index contributed by atoms with van der Waals surface area (Å²) in [5.41, 5.74) is 5.38. The maximum absolute atomic E-state index is 12.5. The zero-order chi connectivity index (χ0) is 21.2. The van der Waals surface area contributed by atoms with Crippen molar-refractivity contribution in [2.24, 2.45) is 0 Å². The van der Waals surface area contributed by atoms with E-state index < -0.39 is 10.0 Å². The lowest BCUT2D eigenvalue weighted by molar-refractivity contribution is -0.120. The molecule has 0 aliphatic rings. The lowest BCUT2D eigenvalue weighted by Crippen LogP contribution is -2.35. The number of fused-ring (bicyclic) bond motifs is 1. The van der Waals surface area contributed by atoms with Gasteiger partial charge in [-0.2, -0.15) is 0 Å². The minimum atomic E-state index is -3.62. The van der Waals surface area contributed by atoms with Gasteiger partial charge in [0.05, 0.1) is 17.6 Å². The van der Waals surface area contributed by atoms with Gasteiger partial charge in [-0.3, -0.25) is 4.79 Å². The van der Waals surface area contributed by atoms with Crippen molar-refractivity contribution in [1.29, 1.82) is 0 Å². The summed E-state index contributed by atoms with van der Waals surface area (Å²) < 4.78 is 33.1. The number of sulfonamides is 1. The molecule has 0 spiro atoms. The van der Waals surface area contributed by atoms with Gasteiger partial charge in [0.2, 0.25) is 15.9 Å². The van der Waals surface area contributed by atoms with Crippen LogP contribution in [0.25, 0.3) is 11.0 Å². The molecule has 2 aromatic carbocycles. The van der Waals surface area contributed by atoms with E-state index in [2.05, 4.69) is 10.0 Å². The Labute approximate surface area is 171 Å². The van der Waals surface area contributed by atoms with Crippen molar-refractivity contribution in [1.82, 2.24) is 10.0 Å². The van der Waals surface area contributed by atoms with E-state index in [9.17, 15) is 13.2 Å². The topological polar surface area (TPSA) is 88.4 Å². The van der Waals surface area contributed by atoms with Crippen LogP contribution in [0.15, 0.2) is 45.9 Å². The molecule has 0 bridgehead atoms. The second kappa shape index (κ2) is 8.39. The minimum Gasteiger partial charge on any atom is -0.464 e. The number of amides is 1. The summed E-state index contributed by atoms with van der Waals surface area (Å²) in [6, 6.07) is 9.27. The monoisotopic (exact) mass is 414 g/mol. The average Bonchev–Trinajstić information content (AvgIpc) is 3.07. The third kappa shape index (κ3) is 4.68. The predicted molar refractivity (Wildman–Crippen MR) is 114 cm³/mol. The Bertz CT molecular complexity index is 1160. The lowest BCUT2D eigenvalue weighted by atomic mass is 10.0. The van der Waals surface area contributed by atoms with E-state index in [-0.39, 0.29) is 30.3 Å². The van der Waals surface area contributed by atoms with Gasteiger partial charge in [-0.25, -0.2) is 13.1 Å². The zero-order valence-electron chi connectivity index (χ0n) is 17.1. The largest absolute Gasteiger partial charge is 0.464 e. The summed E-state index contributed by atoms with van der Waals surface area (Å²) in [5.74, 6) is -0.183. The summed E-state index contributed by atoms with van der Waals surface area (Å²) in [6.07, 6.45) is 1.79. The molecule has 0 saturated carbocycles. The molecule has 0 aliphatic carbocycles. The first-order valence-corrected chi connectivity index (χ1v) is 11.0. The number of hydrogen-bond donors (Lipinski definition) is 2. The van der Waals surface area contributed by atoms with E-state index in [1.54, 1.807) is 25.3 Å². The Balaban J connectivity index is 1.55. The van der Waals surface area contributed by atoms with Crippen LogP contribution in [0.1, 0.15) is 27.8 Å². The molecule has 1 aromatic heterocycles. The van der Waals surface area contributed by atoms with E-state index >= 15 is 0 Å². The average molecular weight is 415 g/mol. The quantitative estimate of drug-likeness (QED) is 0.581. The highest BCUT2D eigenvalue weighted by molar-refractivity contribution is 7.89. The molecule has 29 heavy (non-hydrogen) atoms. The highest BCUT2D eigenvalue weighted by Gasteiger charge is 2.17. The van der Waals surface area contributed by atoms with Crippen molar-refractivity contribution in [2.75, 3.05) is 13.1 Å². The van der Waals surface area contributed by atoms with Crippen LogP contribution in [0.3, 0.4) is 0 Å². The van der Waals surface area contributed by atoms with E-state index in [0.29, 0.717) is 5.56 Å². The molecule has 2 N–H and O–H groups in total. The maximum atomic E-state index is 12.5. The molecule has 6 nitrogen and oxygen atoms in total. The van der Waals surface area contributed by atoms with Gasteiger partial charge >= 0.3 is 0 Å². The molecule has 1 heterocycles. The van der Waals surface area contributed by atoms with Crippen LogP contribution in [-0.4, -0.2) is 27.4 Å². The van der Waals surface area contributed by atoms with Crippen molar-refractivity contribution in [2.45, 2.75) is 39.0 Å². The van der Waals surface area contributed by atoms with Crippen molar-refractivity contribution < 1.29 is 17.6 Å². The fourth-order valence-electron chi connectivity index (χ4n) is 3.22. The van der Waals surface area contributed by atoms with Crippen LogP contribution in [0, 0.1) is 27.7 Å². The molecular weight excluding hydrogens is 388 g/mol. The van der Waals surface area contributed by atoms with Gasteiger partial charge in [-0.1, -0.05) is 24.3 Å². The second-order valence-electron chi connectivity index (χ2n) is 7.34. The number of hydrogen-bond acceptors (Lipinski definition) is 4. The number of nitrogens with one attached hydrogen (secondary N) is 2. The Hall–Kier alpha value is -2.64. The SMILES string of the molecule is Cc1ccc(C)c(S(=O)(=O)NCCNC(=O)Cc2coc3c(C)c(C)ccc23)c1. The summed E-state index contributed by atoms with van der Waals surface area (Å²) in [7, 11) is -3.62. The number of benzene rings is 2. The first-order chi connectivity index (χ1) is 13.7. The number of carbonyl (C=O) groups is 1. The van der Waals surface area contributed by atoms with Crippen molar-refractivity contribution in [3.63, 3.8) is 0 Å². The van der Waals surface area contributed by atoms with Crippen LogP contribution in [0.5, 0.6) is 0 Å². The van der Waals surface area contributed by atoms with Gasteiger partial charge < -0.3 is 9.73 Å². The maximum Gasteiger partial charge on any atom is 0.240 e. The van der Waals surface area contributed by atoms with Gasteiger partial charge in [0.25, 0.3) is 0 Å². The van der Waals surface area contributed by atoms with E-state index in [4.69, 9.17) is 4.42 Å². The Morgan fingerprint density at radius 1 is 1.00 bits per heavy atom. The molecule has 154 valence electrons. The number of rotatable bonds is 7. The standard InChI is InChI=1S/C22H26N2O4S/c1-14-5-6-16(3)20(11-14)29(26,27)24-10-9-23-21(25)12-18-13-28-22-17(4)15(2)7-8-19(18)22/h5-8,11,13,24H,9-10,12H2,1-4H3,(H,23,25). The molecule has 1 amide bonds. The molecule has 0 aliphatic heterocycles. The zero-order valence-corrected chi connectivity index (χ0v) is 17.9. The number of furan rings is 1. The molecule has 0 fully saturated rings. The van der Waals surface area contributed by atoms with Crippen LogP contribution in [0.2, 0.25) is 0 Å². The molecule has 0 unspecified atom stereocenters. The predicted octanol–water partition coefficient (Wildman–Crippen LogP) is 3.30. The van der Waals surface area contributed by atoms with Gasteiger partial charge in [0.15, 0.2) is 0 Å². The van der Waals surface area contributed by atoms with E-state index in [1.165, 1.54) is 0 Å². The summed E-state index contributed by atoms with van der Waals surface area (Å²) in [5, 5.41) is 3.68. The summed E-state index contributed by atoms with van der Waals surface area (Å²) in [4.78, 5) is 12.5. The Kier molecular flexibility index (Phi) is 6.10. The number of aryl methyl sites for hydroxylation is 4. The third-order valence-corrected chi connectivity index (χ3v) is 6.67. The molecule has 7 heteroatoms. The van der Waals surface area contributed by atoms with Crippen molar-refractivity contribution in [3.8, 4) is 0 Å². The van der Waals surface area contributed by atoms with Gasteiger partial charge in [-0.15, -0.1) is 0 Å². The van der Waals surface area contributed by atoms with Crippen molar-refractivity contribution >= 4 is 26.9 Å². The smallest absolute Gasteiger partial charge is 0.240 e. The van der Waals surface area contributed by atoms with Crippen LogP contribution in [0.4, 0.5) is 0 Å². The molecule has 0 radical (unpaired) electrons. The minimum absolute atomic E-state index is 0.117. The lowest BCUT2D eigenvalue weighted by Gasteiger charge is -2.10. The summed E-state index contributed by atoms with van der Waals surface area (Å²) in [6.45, 7) is 7.94. The summed E-state index contributed by atoms with van der Waals surface area (Å²) >= 11 is 0. The molecule has 3 rings (SSSR count). The molecular formula is C22H26N2O4S. The van der Waals surface area contributed by atoms with Crippen LogP contribution < -0.4 is 10.0 Å². The van der Waals surface area contributed by atoms with Gasteiger partial charge in [-0.05, 0) is 56.0 Å². The fourth-order valence-corrected chi connectivity index (χ4v) is 4.58. The van der Waals surface area contributed by atoms with E-state index in [1.807, 2.05) is 39.0 Å². The highest BCUT2D eigenvalue weighted by atomic mass is 32.2. The molecule has 0 atom stereocenters. The Morgan fingerprint density at radius 2 is 1.72 bits per heavy atom. The van der Waals surface area contributed by atoms with Gasteiger partial charge in [0, 0.05) is 24.0 Å². The van der Waals surface area contributed by atoms with Crippen molar-refractivity contribution in [3.05, 3.63) is 64.4 Å². The van der Waals surface area contributed by atoms with E-state index in [0.717, 1.165) is 33.2 Å². The second-order valence-corrected chi connectivity index (χ2v) is 9.07.